The highest BCUT2D eigenvalue weighted by Gasteiger charge is 2.46. The minimum Gasteiger partial charge on any atom is -0.489 e. The van der Waals surface area contributed by atoms with Crippen molar-refractivity contribution < 1.29 is 23.5 Å². The summed E-state index contributed by atoms with van der Waals surface area (Å²) in [7, 11) is 1.38. The number of fused-ring (bicyclic) bond motifs is 2. The Morgan fingerprint density at radius 1 is 0.947 bits per heavy atom. The summed E-state index contributed by atoms with van der Waals surface area (Å²) in [5, 5.41) is 2.99. The third kappa shape index (κ3) is 5.57. The second-order valence-electron chi connectivity index (χ2n) is 9.65. The Hall–Kier alpha value is -4.13. The molecule has 5 rings (SSSR count). The van der Waals surface area contributed by atoms with Crippen molar-refractivity contribution in [2.45, 2.75) is 44.4 Å². The fourth-order valence-corrected chi connectivity index (χ4v) is 5.41. The third-order valence-electron chi connectivity index (χ3n) is 7.29. The minimum atomic E-state index is -0.404. The number of amides is 2. The second kappa shape index (κ2) is 11.5. The van der Waals surface area contributed by atoms with Crippen molar-refractivity contribution in [2.24, 2.45) is 0 Å². The van der Waals surface area contributed by atoms with E-state index in [-0.39, 0.29) is 23.9 Å². The van der Waals surface area contributed by atoms with Crippen LogP contribution in [0.4, 0.5) is 9.18 Å². The largest absolute Gasteiger partial charge is 0.489 e. The molecule has 2 amide bonds. The van der Waals surface area contributed by atoms with Gasteiger partial charge in [0, 0.05) is 12.6 Å². The fourth-order valence-electron chi connectivity index (χ4n) is 5.41. The summed E-state index contributed by atoms with van der Waals surface area (Å²) in [4.78, 5) is 28.0. The zero-order valence-corrected chi connectivity index (χ0v) is 21.4. The van der Waals surface area contributed by atoms with Gasteiger partial charge >= 0.3 is 12.0 Å². The number of hydrogen-bond donors (Lipinski definition) is 1. The van der Waals surface area contributed by atoms with E-state index in [0.29, 0.717) is 38.0 Å². The zero-order valence-electron chi connectivity index (χ0n) is 21.4. The Kier molecular flexibility index (Phi) is 7.73. The number of nitrogens with one attached hydrogen (secondary N) is 1. The van der Waals surface area contributed by atoms with Gasteiger partial charge in [-0.05, 0) is 72.2 Å². The fraction of sp³-hybridized carbons (Fsp3) is 0.290. The summed E-state index contributed by atoms with van der Waals surface area (Å²) < 4.78 is 24.2. The van der Waals surface area contributed by atoms with E-state index in [4.69, 9.17) is 9.47 Å². The van der Waals surface area contributed by atoms with E-state index in [9.17, 15) is 14.0 Å². The Morgan fingerprint density at radius 2 is 1.68 bits per heavy atom. The highest BCUT2D eigenvalue weighted by Crippen LogP contribution is 2.43. The third-order valence-corrected chi connectivity index (χ3v) is 7.29. The Labute approximate surface area is 222 Å². The molecule has 2 atom stereocenters. The van der Waals surface area contributed by atoms with Gasteiger partial charge < -0.3 is 19.7 Å². The van der Waals surface area contributed by atoms with Crippen molar-refractivity contribution in [3.05, 3.63) is 107 Å². The Morgan fingerprint density at radius 3 is 2.39 bits per heavy atom. The van der Waals surface area contributed by atoms with Crippen LogP contribution >= 0.6 is 0 Å². The average Bonchev–Trinajstić information content (AvgIpc) is 3.26. The van der Waals surface area contributed by atoms with Crippen molar-refractivity contribution in [1.82, 2.24) is 10.2 Å². The highest BCUT2D eigenvalue weighted by atomic mass is 19.1. The van der Waals surface area contributed by atoms with Crippen molar-refractivity contribution >= 4 is 17.6 Å². The van der Waals surface area contributed by atoms with Crippen molar-refractivity contribution in [1.29, 1.82) is 0 Å². The molecule has 2 bridgehead atoms. The summed E-state index contributed by atoms with van der Waals surface area (Å²) in [6.07, 6.45) is 2.70. The van der Waals surface area contributed by atoms with Crippen LogP contribution in [0.25, 0.3) is 5.57 Å². The average molecular weight is 515 g/mol. The first-order valence-corrected chi connectivity index (χ1v) is 12.9. The first-order chi connectivity index (χ1) is 18.5. The van der Waals surface area contributed by atoms with Gasteiger partial charge in [-0.25, -0.2) is 14.0 Å². The topological polar surface area (TPSA) is 67.9 Å². The van der Waals surface area contributed by atoms with Gasteiger partial charge in [0.1, 0.15) is 18.2 Å². The number of ether oxygens (including phenoxy) is 2. The molecule has 1 saturated heterocycles. The summed E-state index contributed by atoms with van der Waals surface area (Å²) >= 11 is 0. The molecular formula is C31H31FN2O4. The van der Waals surface area contributed by atoms with Gasteiger partial charge in [-0.3, -0.25) is 0 Å². The maximum absolute atomic E-state index is 13.2. The lowest BCUT2D eigenvalue weighted by Crippen LogP contribution is -2.51. The van der Waals surface area contributed by atoms with E-state index in [1.54, 1.807) is 17.0 Å². The molecule has 0 aromatic heterocycles. The second-order valence-corrected chi connectivity index (χ2v) is 9.65. The summed E-state index contributed by atoms with van der Waals surface area (Å²) in [5.41, 5.74) is 4.45. The van der Waals surface area contributed by atoms with Gasteiger partial charge in [0.2, 0.25) is 0 Å². The molecule has 3 aromatic carbocycles. The molecule has 196 valence electrons. The molecule has 1 fully saturated rings. The van der Waals surface area contributed by atoms with Gasteiger partial charge in [-0.1, -0.05) is 54.6 Å². The van der Waals surface area contributed by atoms with Gasteiger partial charge in [-0.2, -0.15) is 0 Å². The Bertz CT molecular complexity index is 1310. The van der Waals surface area contributed by atoms with Gasteiger partial charge in [-0.15, -0.1) is 0 Å². The minimum absolute atomic E-state index is 0.00299. The standard InChI is InChI=1S/C31H31FN2O4/c1-37-30(35)29-27(23-9-14-26(15-10-23)38-20-22-5-3-2-4-6-22)19-25-13-16-28(29)34(25)31(36)33-18-17-21-7-11-24(32)12-8-21/h2-12,14-15,25,28H,13,16-20H2,1H3,(H,33,36)/t25-,28+/m0/s1. The molecule has 6 nitrogen and oxygen atoms in total. The van der Waals surface area contributed by atoms with Crippen LogP contribution in [0, 0.1) is 5.82 Å². The van der Waals surface area contributed by atoms with Crippen LogP contribution in [0.15, 0.2) is 84.4 Å². The van der Waals surface area contributed by atoms with Crippen LogP contribution in [0.2, 0.25) is 0 Å². The zero-order chi connectivity index (χ0) is 26.5. The Balaban J connectivity index is 1.29. The number of carbonyl (C=O) groups excluding carboxylic acids is 2. The quantitative estimate of drug-likeness (QED) is 0.402. The molecule has 2 aliphatic heterocycles. The molecule has 2 aliphatic rings. The lowest BCUT2D eigenvalue weighted by atomic mass is 9.88. The van der Waals surface area contributed by atoms with E-state index in [1.807, 2.05) is 54.6 Å². The summed E-state index contributed by atoms with van der Waals surface area (Å²) in [5.74, 6) is 0.0626. The smallest absolute Gasteiger partial charge is 0.336 e. The van der Waals surface area contributed by atoms with Crippen molar-refractivity contribution in [3.63, 3.8) is 0 Å². The predicted molar refractivity (Wildman–Crippen MR) is 143 cm³/mol. The normalized spacial score (nSPS) is 18.3. The first kappa shape index (κ1) is 25.5. The molecule has 0 spiro atoms. The molecule has 0 saturated carbocycles. The number of halogens is 1. The van der Waals surface area contributed by atoms with E-state index < -0.39 is 5.97 Å². The van der Waals surface area contributed by atoms with Crippen molar-refractivity contribution in [2.75, 3.05) is 13.7 Å². The molecule has 2 heterocycles. The van der Waals surface area contributed by atoms with E-state index >= 15 is 0 Å². The van der Waals surface area contributed by atoms with Gasteiger partial charge in [0.25, 0.3) is 0 Å². The number of urea groups is 1. The number of rotatable bonds is 8. The lowest BCUT2D eigenvalue weighted by Gasteiger charge is -2.37. The van der Waals surface area contributed by atoms with E-state index in [0.717, 1.165) is 34.4 Å². The molecule has 7 heteroatoms. The molecule has 0 aliphatic carbocycles. The monoisotopic (exact) mass is 514 g/mol. The maximum Gasteiger partial charge on any atom is 0.336 e. The summed E-state index contributed by atoms with van der Waals surface area (Å²) in [6.45, 7) is 0.903. The number of esters is 1. The van der Waals surface area contributed by atoms with Crippen LogP contribution < -0.4 is 10.1 Å². The van der Waals surface area contributed by atoms with Crippen LogP contribution in [0.1, 0.15) is 36.0 Å². The number of benzene rings is 3. The van der Waals surface area contributed by atoms with E-state index in [2.05, 4.69) is 5.32 Å². The molecule has 3 aromatic rings. The van der Waals surface area contributed by atoms with Crippen molar-refractivity contribution in [3.8, 4) is 5.75 Å². The van der Waals surface area contributed by atoms with Crippen LogP contribution in [0.3, 0.4) is 0 Å². The molecule has 1 N–H and O–H groups in total. The SMILES string of the molecule is COC(=O)C1=C(c2ccc(OCc3ccccc3)cc2)C[C@@H]2CC[C@H]1N2C(=O)NCCc1ccc(F)cc1. The van der Waals surface area contributed by atoms with Crippen LogP contribution in [-0.4, -0.2) is 42.6 Å². The highest BCUT2D eigenvalue weighted by molar-refractivity contribution is 6.01. The first-order valence-electron chi connectivity index (χ1n) is 12.9. The molecule has 38 heavy (non-hydrogen) atoms. The number of nitrogens with zero attached hydrogens (tertiary/aromatic N) is 1. The van der Waals surface area contributed by atoms with Gasteiger partial charge in [0.15, 0.2) is 0 Å². The number of hydrogen-bond acceptors (Lipinski definition) is 4. The summed E-state index contributed by atoms with van der Waals surface area (Å²) in [6, 6.07) is 23.5. The van der Waals surface area contributed by atoms with Gasteiger partial charge in [0.05, 0.1) is 18.7 Å². The van der Waals surface area contributed by atoms with E-state index in [1.165, 1.54) is 19.2 Å². The molecular weight excluding hydrogens is 483 g/mol. The number of methoxy groups -OCH3 is 1. The molecule has 0 unspecified atom stereocenters. The number of carbonyl (C=O) groups is 2. The van der Waals surface area contributed by atoms with Crippen LogP contribution in [0.5, 0.6) is 5.75 Å². The molecule has 0 radical (unpaired) electrons. The predicted octanol–water partition coefficient (Wildman–Crippen LogP) is 5.52. The lowest BCUT2D eigenvalue weighted by molar-refractivity contribution is -0.136. The maximum atomic E-state index is 13.2. The van der Waals surface area contributed by atoms with Crippen LogP contribution in [-0.2, 0) is 22.6 Å².